The van der Waals surface area contributed by atoms with E-state index in [1.54, 1.807) is 6.07 Å². The van der Waals surface area contributed by atoms with Crippen LogP contribution in [-0.4, -0.2) is 24.5 Å². The number of carbonyl (C=O) groups excluding carboxylic acids is 2. The molecule has 2 aromatic rings. The predicted molar refractivity (Wildman–Crippen MR) is 108 cm³/mol. The summed E-state index contributed by atoms with van der Waals surface area (Å²) in [4.78, 5) is 23.0. The van der Waals surface area contributed by atoms with Gasteiger partial charge in [0.15, 0.2) is 0 Å². The zero-order valence-corrected chi connectivity index (χ0v) is 16.3. The summed E-state index contributed by atoms with van der Waals surface area (Å²) in [6.45, 7) is 0.409. The maximum atomic E-state index is 14.0. The zero-order chi connectivity index (χ0) is 21.7. The summed E-state index contributed by atoms with van der Waals surface area (Å²) in [6.07, 6.45) is 1.15. The molecular weight excluding hydrogens is 387 g/mol. The Morgan fingerprint density at radius 3 is 2.53 bits per heavy atom. The van der Waals surface area contributed by atoms with Crippen molar-refractivity contribution in [3.05, 3.63) is 59.4 Å². The Bertz CT molecular complexity index is 971. The van der Waals surface area contributed by atoms with Crippen molar-refractivity contribution < 1.29 is 18.7 Å². The topological polar surface area (TPSA) is 131 Å². The zero-order valence-electron chi connectivity index (χ0n) is 16.3. The molecule has 0 saturated carbocycles. The highest BCUT2D eigenvalue weighted by atomic mass is 19.1. The van der Waals surface area contributed by atoms with Crippen molar-refractivity contribution >= 4 is 11.8 Å². The van der Waals surface area contributed by atoms with Crippen molar-refractivity contribution in [1.29, 1.82) is 5.26 Å². The molecule has 8 heteroatoms. The van der Waals surface area contributed by atoms with Crippen molar-refractivity contribution in [2.45, 2.75) is 25.4 Å². The molecule has 7 nitrogen and oxygen atoms in total. The Labute approximate surface area is 173 Å². The van der Waals surface area contributed by atoms with Crippen LogP contribution >= 0.6 is 0 Å². The molecule has 0 bridgehead atoms. The maximum absolute atomic E-state index is 14.0. The van der Waals surface area contributed by atoms with Gasteiger partial charge >= 0.3 is 0 Å². The minimum Gasteiger partial charge on any atom is -0.377 e. The smallest absolute Gasteiger partial charge is 0.251 e. The van der Waals surface area contributed by atoms with E-state index < -0.39 is 17.6 Å². The predicted octanol–water partition coefficient (Wildman–Crippen LogP) is 2.06. The molecular formula is C22H23FN4O3. The molecule has 1 aliphatic rings. The summed E-state index contributed by atoms with van der Waals surface area (Å²) in [7, 11) is 0. The first-order valence-electron chi connectivity index (χ1n) is 9.63. The molecule has 3 rings (SSSR count). The number of hydrazine groups is 1. The summed E-state index contributed by atoms with van der Waals surface area (Å²) in [6, 6.07) is 13.9. The Kier molecular flexibility index (Phi) is 6.77. The number of hydrogen-bond acceptors (Lipinski definition) is 5. The quantitative estimate of drug-likeness (QED) is 0.381. The molecule has 2 amide bonds. The Balaban J connectivity index is 1.70. The van der Waals surface area contributed by atoms with Crippen LogP contribution in [0, 0.1) is 29.0 Å². The van der Waals surface area contributed by atoms with Crippen LogP contribution in [0.15, 0.2) is 42.5 Å². The Hall–Kier alpha value is -3.28. The second kappa shape index (κ2) is 9.48. The third kappa shape index (κ3) is 4.82. The summed E-state index contributed by atoms with van der Waals surface area (Å²) >= 11 is 0. The largest absolute Gasteiger partial charge is 0.377 e. The normalized spacial score (nSPS) is 19.5. The lowest BCUT2D eigenvalue weighted by atomic mass is 9.85. The minimum absolute atomic E-state index is 0.152. The van der Waals surface area contributed by atoms with Gasteiger partial charge in [0, 0.05) is 12.5 Å². The fraction of sp³-hybridized carbons (Fsp3) is 0.318. The number of rotatable bonds is 6. The van der Waals surface area contributed by atoms with E-state index in [1.807, 2.05) is 24.3 Å². The van der Waals surface area contributed by atoms with Gasteiger partial charge in [-0.1, -0.05) is 30.3 Å². The fourth-order valence-corrected chi connectivity index (χ4v) is 3.71. The van der Waals surface area contributed by atoms with Crippen LogP contribution in [0.5, 0.6) is 0 Å². The van der Waals surface area contributed by atoms with Crippen LogP contribution in [-0.2, 0) is 16.0 Å². The summed E-state index contributed by atoms with van der Waals surface area (Å²) in [5.74, 6) is 2.84. The van der Waals surface area contributed by atoms with Crippen molar-refractivity contribution in [2.24, 2.45) is 23.4 Å². The number of amides is 2. The Morgan fingerprint density at radius 1 is 1.23 bits per heavy atom. The first kappa shape index (κ1) is 21.4. The molecule has 2 unspecified atom stereocenters. The van der Waals surface area contributed by atoms with Gasteiger partial charge in [-0.25, -0.2) is 10.2 Å². The van der Waals surface area contributed by atoms with E-state index in [1.165, 1.54) is 12.1 Å². The van der Waals surface area contributed by atoms with Crippen LogP contribution in [0.3, 0.4) is 0 Å². The maximum Gasteiger partial charge on any atom is 0.251 e. The molecule has 0 spiro atoms. The Morgan fingerprint density at radius 2 is 1.93 bits per heavy atom. The third-order valence-corrected chi connectivity index (χ3v) is 5.42. The summed E-state index contributed by atoms with van der Waals surface area (Å²) < 4.78 is 19.8. The molecule has 0 aromatic heterocycles. The number of primary amides is 1. The van der Waals surface area contributed by atoms with Crippen LogP contribution in [0.2, 0.25) is 0 Å². The lowest BCUT2D eigenvalue weighted by molar-refractivity contribution is -0.131. The van der Waals surface area contributed by atoms with Crippen LogP contribution in [0.25, 0.3) is 11.1 Å². The number of nitrogens with two attached hydrogens (primary N) is 2. The number of nitrogens with one attached hydrogen (secondary N) is 1. The lowest BCUT2D eigenvalue weighted by Crippen LogP contribution is -2.42. The van der Waals surface area contributed by atoms with Gasteiger partial charge in [-0.05, 0) is 48.1 Å². The van der Waals surface area contributed by atoms with Crippen molar-refractivity contribution in [1.82, 2.24) is 5.43 Å². The summed E-state index contributed by atoms with van der Waals surface area (Å²) in [5, 5.41) is 9.62. The molecule has 1 heterocycles. The first-order chi connectivity index (χ1) is 14.4. The molecule has 3 atom stereocenters. The van der Waals surface area contributed by atoms with Gasteiger partial charge in [-0.3, -0.25) is 15.0 Å². The van der Waals surface area contributed by atoms with Gasteiger partial charge in [0.1, 0.15) is 5.82 Å². The van der Waals surface area contributed by atoms with E-state index in [2.05, 4.69) is 11.5 Å². The van der Waals surface area contributed by atoms with Crippen molar-refractivity contribution in [3.63, 3.8) is 0 Å². The number of ether oxygens (including phenoxy) is 1. The fourth-order valence-electron chi connectivity index (χ4n) is 3.71. The highest BCUT2D eigenvalue weighted by Crippen LogP contribution is 2.28. The third-order valence-electron chi connectivity index (χ3n) is 5.42. The van der Waals surface area contributed by atoms with Crippen LogP contribution in [0.1, 0.15) is 28.8 Å². The molecule has 1 aliphatic heterocycles. The highest BCUT2D eigenvalue weighted by molar-refractivity contribution is 5.93. The van der Waals surface area contributed by atoms with Gasteiger partial charge in [-0.15, -0.1) is 0 Å². The van der Waals surface area contributed by atoms with E-state index in [9.17, 15) is 19.2 Å². The molecule has 5 N–H and O–H groups in total. The van der Waals surface area contributed by atoms with E-state index in [4.69, 9.17) is 16.3 Å². The number of halogens is 1. The number of hydrogen-bond donors (Lipinski definition) is 3. The molecule has 0 aliphatic carbocycles. The van der Waals surface area contributed by atoms with E-state index in [0.29, 0.717) is 31.4 Å². The second-order valence-electron chi connectivity index (χ2n) is 7.33. The van der Waals surface area contributed by atoms with E-state index >= 15 is 0 Å². The highest BCUT2D eigenvalue weighted by Gasteiger charge is 2.32. The van der Waals surface area contributed by atoms with Gasteiger partial charge in [-0.2, -0.15) is 5.26 Å². The second-order valence-corrected chi connectivity index (χ2v) is 7.33. The molecule has 1 fully saturated rings. The molecule has 30 heavy (non-hydrogen) atoms. The van der Waals surface area contributed by atoms with Gasteiger partial charge < -0.3 is 10.5 Å². The number of nitrogens with zero attached hydrogens (tertiary/aromatic N) is 1. The SMILES string of the molecule is N#CC(Cc1ccc(-c2ccc(C(N)=O)c(F)c2)cc1)[C@@H]1CC(C(=O)NN)CCO1. The van der Waals surface area contributed by atoms with Crippen molar-refractivity contribution in [3.8, 4) is 17.2 Å². The summed E-state index contributed by atoms with van der Waals surface area (Å²) in [5.41, 5.74) is 9.47. The minimum atomic E-state index is -0.812. The first-order valence-corrected chi connectivity index (χ1v) is 9.63. The van der Waals surface area contributed by atoms with Gasteiger partial charge in [0.2, 0.25) is 5.91 Å². The lowest BCUT2D eigenvalue weighted by Gasteiger charge is -2.31. The molecule has 1 saturated heterocycles. The number of nitriles is 1. The number of benzene rings is 2. The number of carbonyl (C=O) groups is 2. The van der Waals surface area contributed by atoms with E-state index in [-0.39, 0.29) is 23.5 Å². The average Bonchev–Trinajstić information content (AvgIpc) is 2.77. The van der Waals surface area contributed by atoms with Crippen LogP contribution in [0.4, 0.5) is 4.39 Å². The van der Waals surface area contributed by atoms with Gasteiger partial charge in [0.05, 0.1) is 23.7 Å². The standard InChI is InChI=1S/C22H23FN4O3/c23-19-10-15(5-6-18(19)21(25)28)14-3-1-13(2-4-14)9-17(12-24)20-11-16(7-8-30-20)22(29)27-26/h1-6,10,16-17,20H,7-9,11,26H2,(H2,25,28)(H,27,29)/t16?,17?,20-/m0/s1. The molecule has 2 aromatic carbocycles. The molecule has 0 radical (unpaired) electrons. The van der Waals surface area contributed by atoms with Crippen LogP contribution < -0.4 is 17.0 Å². The van der Waals surface area contributed by atoms with E-state index in [0.717, 1.165) is 11.1 Å². The average molecular weight is 410 g/mol. The van der Waals surface area contributed by atoms with Gasteiger partial charge in [0.25, 0.3) is 5.91 Å². The monoisotopic (exact) mass is 410 g/mol. The van der Waals surface area contributed by atoms with Crippen molar-refractivity contribution in [2.75, 3.05) is 6.61 Å². The molecule has 156 valence electrons.